The number of carbonyl (C=O) groups excluding carboxylic acids is 2. The van der Waals surface area contributed by atoms with Crippen molar-refractivity contribution in [3.8, 4) is 0 Å². The van der Waals surface area contributed by atoms with Crippen molar-refractivity contribution in [3.63, 3.8) is 0 Å². The molecule has 2 saturated carbocycles. The van der Waals surface area contributed by atoms with Crippen LogP contribution >= 0.6 is 23.5 Å². The van der Waals surface area contributed by atoms with Crippen LogP contribution in [0.5, 0.6) is 0 Å². The smallest absolute Gasteiger partial charge is 0.309 e. The third-order valence-corrected chi connectivity index (χ3v) is 11.6. The Morgan fingerprint density at radius 2 is 1.73 bits per heavy atom. The Morgan fingerprint density at radius 3 is 2.36 bits per heavy atom. The van der Waals surface area contributed by atoms with Crippen LogP contribution in [0.15, 0.2) is 24.3 Å². The summed E-state index contributed by atoms with van der Waals surface area (Å²) in [5, 5.41) is 2.89. The maximum Gasteiger partial charge on any atom is 0.309 e. The molecule has 2 aliphatic heterocycles. The summed E-state index contributed by atoms with van der Waals surface area (Å²) < 4.78 is 11.4. The molecule has 2 bridgehead atoms. The van der Waals surface area contributed by atoms with E-state index >= 15 is 0 Å². The molecule has 1 spiro atoms. The lowest BCUT2D eigenvalue weighted by molar-refractivity contribution is -0.159. The van der Waals surface area contributed by atoms with Crippen LogP contribution < -0.4 is 10.2 Å². The number of amides is 1. The zero-order valence-electron chi connectivity index (χ0n) is 19.3. The Kier molecular flexibility index (Phi) is 7.14. The van der Waals surface area contributed by atoms with Gasteiger partial charge in [0.15, 0.2) is 6.10 Å². The molecule has 2 saturated heterocycles. The fourth-order valence-electron chi connectivity index (χ4n) is 5.95. The molecule has 3 atom stereocenters. The average molecular weight is 491 g/mol. The minimum Gasteiger partial charge on any atom is -0.452 e. The highest BCUT2D eigenvalue weighted by molar-refractivity contribution is 8.21. The van der Waals surface area contributed by atoms with Gasteiger partial charge >= 0.3 is 5.97 Å². The van der Waals surface area contributed by atoms with Gasteiger partial charge in [-0.1, -0.05) is 6.42 Å². The zero-order valence-corrected chi connectivity index (χ0v) is 20.9. The zero-order chi connectivity index (χ0) is 22.8. The summed E-state index contributed by atoms with van der Waals surface area (Å²) in [6, 6.07) is 7.81. The van der Waals surface area contributed by atoms with E-state index in [1.807, 2.05) is 24.3 Å². The molecule has 1 N–H and O–H groups in total. The molecular weight excluding hydrogens is 456 g/mol. The quantitative estimate of drug-likeness (QED) is 0.614. The molecule has 1 aromatic carbocycles. The van der Waals surface area contributed by atoms with Gasteiger partial charge in [0.1, 0.15) is 0 Å². The number of ether oxygens (including phenoxy) is 2. The average Bonchev–Trinajstić information content (AvgIpc) is 3.29. The highest BCUT2D eigenvalue weighted by Gasteiger charge is 2.55. The summed E-state index contributed by atoms with van der Waals surface area (Å²) in [7, 11) is 0. The maximum absolute atomic E-state index is 13.0. The van der Waals surface area contributed by atoms with Crippen LogP contribution in [0.2, 0.25) is 0 Å². The predicted molar refractivity (Wildman–Crippen MR) is 135 cm³/mol. The van der Waals surface area contributed by atoms with Crippen molar-refractivity contribution in [3.05, 3.63) is 24.3 Å². The van der Waals surface area contributed by atoms with E-state index in [2.05, 4.69) is 33.7 Å². The van der Waals surface area contributed by atoms with Crippen LogP contribution in [0.3, 0.4) is 0 Å². The number of nitrogens with one attached hydrogen (secondary N) is 1. The Hall–Kier alpha value is -1.38. The molecular formula is C25H34N2O4S2. The van der Waals surface area contributed by atoms with Gasteiger partial charge in [0.2, 0.25) is 0 Å². The largest absolute Gasteiger partial charge is 0.452 e. The number of carbonyl (C=O) groups is 2. The fraction of sp³-hybridized carbons (Fsp3) is 0.680. The fourth-order valence-corrected chi connectivity index (χ4v) is 9.88. The number of esters is 1. The Morgan fingerprint density at radius 1 is 1.09 bits per heavy atom. The first-order valence-corrected chi connectivity index (χ1v) is 14.2. The van der Waals surface area contributed by atoms with E-state index in [1.54, 1.807) is 6.92 Å². The summed E-state index contributed by atoms with van der Waals surface area (Å²) in [6.07, 6.45) is 4.73. The second-order valence-corrected chi connectivity index (χ2v) is 12.6. The predicted octanol–water partition coefficient (Wildman–Crippen LogP) is 4.40. The lowest BCUT2D eigenvalue weighted by Gasteiger charge is -2.51. The van der Waals surface area contributed by atoms with Crippen molar-refractivity contribution in [2.45, 2.75) is 49.2 Å². The number of anilines is 2. The normalized spacial score (nSPS) is 29.5. The molecule has 1 aromatic rings. The van der Waals surface area contributed by atoms with Crippen molar-refractivity contribution in [1.82, 2.24) is 0 Å². The van der Waals surface area contributed by atoms with E-state index in [-0.39, 0.29) is 17.8 Å². The molecule has 6 nitrogen and oxygen atoms in total. The van der Waals surface area contributed by atoms with Crippen LogP contribution in [0.1, 0.15) is 39.0 Å². The summed E-state index contributed by atoms with van der Waals surface area (Å²) in [6.45, 7) is 4.90. The first-order chi connectivity index (χ1) is 16.0. The third kappa shape index (κ3) is 4.89. The van der Waals surface area contributed by atoms with E-state index in [1.165, 1.54) is 30.8 Å². The Labute approximate surface area is 204 Å². The van der Waals surface area contributed by atoms with Gasteiger partial charge in [-0.3, -0.25) is 9.59 Å². The number of thioether (sulfide) groups is 2. The van der Waals surface area contributed by atoms with Gasteiger partial charge in [0.05, 0.1) is 23.2 Å². The standard InChI is InChI=1S/C25H34N2O4S2/c1-17(23(28)26-21-5-7-22(8-6-21)27-9-11-30-12-10-27)31-24(29)18-15-19-3-2-4-20(16-18)25(19)32-13-14-33-25/h5-8,17-20H,2-4,9-16H2,1H3,(H,26,28). The maximum atomic E-state index is 13.0. The number of morpholine rings is 1. The van der Waals surface area contributed by atoms with Crippen LogP contribution in [0.25, 0.3) is 0 Å². The Bertz CT molecular complexity index is 836. The number of hydrogen-bond donors (Lipinski definition) is 1. The van der Waals surface area contributed by atoms with Gasteiger partial charge in [0.25, 0.3) is 5.91 Å². The molecule has 0 aromatic heterocycles. The van der Waals surface area contributed by atoms with Gasteiger partial charge in [-0.05, 0) is 68.7 Å². The number of benzene rings is 1. The SMILES string of the molecule is CC(OC(=O)C1CC2CCCC(C1)C21SCCS1)C(=O)Nc1ccc(N2CCOCC2)cc1. The van der Waals surface area contributed by atoms with Crippen molar-refractivity contribution >= 4 is 46.8 Å². The van der Waals surface area contributed by atoms with E-state index in [0.29, 0.717) is 21.6 Å². The monoisotopic (exact) mass is 490 g/mol. The molecule has 180 valence electrons. The van der Waals surface area contributed by atoms with Crippen LogP contribution in [-0.4, -0.2) is 59.9 Å². The number of hydrogen-bond acceptors (Lipinski definition) is 7. The van der Waals surface area contributed by atoms with Gasteiger partial charge in [-0.15, -0.1) is 23.5 Å². The van der Waals surface area contributed by atoms with Gasteiger partial charge in [0, 0.05) is 36.0 Å². The molecule has 33 heavy (non-hydrogen) atoms. The van der Waals surface area contributed by atoms with Crippen molar-refractivity contribution in [1.29, 1.82) is 0 Å². The van der Waals surface area contributed by atoms with E-state index < -0.39 is 6.10 Å². The summed E-state index contributed by atoms with van der Waals surface area (Å²) in [4.78, 5) is 28.0. The molecule has 2 heterocycles. The van der Waals surface area contributed by atoms with Crippen molar-refractivity contribution < 1.29 is 19.1 Å². The van der Waals surface area contributed by atoms with Crippen molar-refractivity contribution in [2.75, 3.05) is 48.0 Å². The summed E-state index contributed by atoms with van der Waals surface area (Å²) in [5.41, 5.74) is 1.83. The first-order valence-electron chi connectivity index (χ1n) is 12.3. The second kappa shape index (κ2) is 10.1. The summed E-state index contributed by atoms with van der Waals surface area (Å²) in [5.74, 6) is 3.10. The lowest BCUT2D eigenvalue weighted by atomic mass is 9.67. The minimum absolute atomic E-state index is 0.0734. The number of nitrogens with zero attached hydrogens (tertiary/aromatic N) is 1. The molecule has 4 fully saturated rings. The van der Waals surface area contributed by atoms with E-state index in [0.717, 1.165) is 44.8 Å². The van der Waals surface area contributed by atoms with E-state index in [4.69, 9.17) is 9.47 Å². The Balaban J connectivity index is 1.14. The second-order valence-electron chi connectivity index (χ2n) is 9.63. The van der Waals surface area contributed by atoms with Gasteiger partial charge in [-0.25, -0.2) is 0 Å². The van der Waals surface area contributed by atoms with Crippen LogP contribution in [0, 0.1) is 17.8 Å². The summed E-state index contributed by atoms with van der Waals surface area (Å²) >= 11 is 4.28. The molecule has 4 aliphatic rings. The van der Waals surface area contributed by atoms with Crippen LogP contribution in [-0.2, 0) is 19.1 Å². The molecule has 5 rings (SSSR count). The topological polar surface area (TPSA) is 67.9 Å². The number of rotatable bonds is 5. The molecule has 0 radical (unpaired) electrons. The van der Waals surface area contributed by atoms with Gasteiger partial charge < -0.3 is 19.7 Å². The molecule has 3 unspecified atom stereocenters. The molecule has 1 amide bonds. The van der Waals surface area contributed by atoms with Crippen molar-refractivity contribution in [2.24, 2.45) is 17.8 Å². The molecule has 8 heteroatoms. The minimum atomic E-state index is -0.803. The third-order valence-electron chi connectivity index (χ3n) is 7.63. The highest BCUT2D eigenvalue weighted by atomic mass is 32.2. The van der Waals surface area contributed by atoms with E-state index in [9.17, 15) is 9.59 Å². The lowest BCUT2D eigenvalue weighted by Crippen LogP contribution is -2.48. The van der Waals surface area contributed by atoms with Gasteiger partial charge in [-0.2, -0.15) is 0 Å². The first kappa shape index (κ1) is 23.4. The highest BCUT2D eigenvalue weighted by Crippen LogP contribution is 2.64. The van der Waals surface area contributed by atoms with Crippen LogP contribution in [0.4, 0.5) is 11.4 Å². The molecule has 2 aliphatic carbocycles.